The highest BCUT2D eigenvalue weighted by atomic mass is 32.2. The number of nitrogens with zero attached hydrogens (tertiary/aromatic N) is 1. The van der Waals surface area contributed by atoms with E-state index in [1.807, 2.05) is 0 Å². The van der Waals surface area contributed by atoms with Gasteiger partial charge >= 0.3 is 0 Å². The van der Waals surface area contributed by atoms with Gasteiger partial charge in [0.25, 0.3) is 5.91 Å². The van der Waals surface area contributed by atoms with Crippen LogP contribution in [0, 0.1) is 0 Å². The zero-order valence-electron chi connectivity index (χ0n) is 14.4. The number of amides is 1. The van der Waals surface area contributed by atoms with Crippen LogP contribution < -0.4 is 10.4 Å². The largest absolute Gasteiger partial charge is 0.545 e. The maximum absolute atomic E-state index is 12.6. The number of carboxylic acid groups (broad SMARTS) is 1. The van der Waals surface area contributed by atoms with Gasteiger partial charge in [0, 0.05) is 24.2 Å². The van der Waals surface area contributed by atoms with Gasteiger partial charge in [0.05, 0.1) is 16.6 Å². The Bertz CT molecular complexity index is 921. The summed E-state index contributed by atoms with van der Waals surface area (Å²) in [5.41, 5.74) is 0.0219. The number of carboxylic acids is 1. The van der Waals surface area contributed by atoms with Crippen LogP contribution in [-0.2, 0) is 10.0 Å². The molecule has 0 aromatic heterocycles. The van der Waals surface area contributed by atoms with Crippen molar-refractivity contribution in [2.24, 2.45) is 0 Å². The van der Waals surface area contributed by atoms with Crippen LogP contribution in [0.4, 0.5) is 5.69 Å². The van der Waals surface area contributed by atoms with Crippen LogP contribution in [0.2, 0.25) is 0 Å². The molecule has 0 aliphatic carbocycles. The minimum Gasteiger partial charge on any atom is -0.545 e. The second-order valence-corrected chi connectivity index (χ2v) is 7.34. The Balaban J connectivity index is 2.34. The first kappa shape index (κ1) is 19.6. The number of hydrogen-bond donors (Lipinski definition) is 1. The number of hydrogen-bond acceptors (Lipinski definition) is 5. The lowest BCUT2D eigenvalue weighted by molar-refractivity contribution is -0.254. The Hall–Kier alpha value is -2.71. The highest BCUT2D eigenvalue weighted by Crippen LogP contribution is 2.19. The molecule has 0 heterocycles. The van der Waals surface area contributed by atoms with Crippen LogP contribution in [0.3, 0.4) is 0 Å². The van der Waals surface area contributed by atoms with Gasteiger partial charge in [0.15, 0.2) is 0 Å². The van der Waals surface area contributed by atoms with E-state index in [1.54, 1.807) is 19.9 Å². The summed E-state index contributed by atoms with van der Waals surface area (Å²) in [5, 5.41) is 13.6. The van der Waals surface area contributed by atoms with Crippen molar-refractivity contribution in [1.82, 2.24) is 4.31 Å². The maximum Gasteiger partial charge on any atom is 0.255 e. The third-order valence-corrected chi connectivity index (χ3v) is 5.88. The van der Waals surface area contributed by atoms with Gasteiger partial charge in [0.2, 0.25) is 10.0 Å². The Labute approximate surface area is 152 Å². The van der Waals surface area contributed by atoms with Gasteiger partial charge in [-0.1, -0.05) is 38.1 Å². The van der Waals surface area contributed by atoms with Crippen molar-refractivity contribution >= 4 is 27.6 Å². The normalized spacial score (nSPS) is 11.3. The van der Waals surface area contributed by atoms with E-state index in [0.717, 1.165) is 0 Å². The van der Waals surface area contributed by atoms with Crippen molar-refractivity contribution in [3.05, 3.63) is 59.7 Å². The van der Waals surface area contributed by atoms with E-state index in [0.29, 0.717) is 13.1 Å². The lowest BCUT2D eigenvalue weighted by Crippen LogP contribution is -2.30. The zero-order valence-corrected chi connectivity index (χ0v) is 15.2. The Morgan fingerprint density at radius 2 is 1.69 bits per heavy atom. The molecular formula is C18H19N2O5S-. The van der Waals surface area contributed by atoms with Gasteiger partial charge in [0.1, 0.15) is 0 Å². The van der Waals surface area contributed by atoms with E-state index >= 15 is 0 Å². The van der Waals surface area contributed by atoms with E-state index in [4.69, 9.17) is 0 Å². The Morgan fingerprint density at radius 3 is 2.31 bits per heavy atom. The molecule has 2 rings (SSSR count). The number of aromatic carboxylic acids is 1. The van der Waals surface area contributed by atoms with E-state index < -0.39 is 21.9 Å². The molecule has 0 aliphatic heterocycles. The molecule has 2 aromatic rings. The summed E-state index contributed by atoms with van der Waals surface area (Å²) in [6.45, 7) is 4.09. The summed E-state index contributed by atoms with van der Waals surface area (Å²) in [5.74, 6) is -2.03. The monoisotopic (exact) mass is 375 g/mol. The molecule has 0 aliphatic rings. The van der Waals surface area contributed by atoms with E-state index in [1.165, 1.54) is 46.8 Å². The first-order valence-corrected chi connectivity index (χ1v) is 9.47. The van der Waals surface area contributed by atoms with Gasteiger partial charge in [-0.05, 0) is 24.3 Å². The zero-order chi connectivity index (χ0) is 19.3. The topological polar surface area (TPSA) is 107 Å². The van der Waals surface area contributed by atoms with Gasteiger partial charge in [-0.3, -0.25) is 4.79 Å². The summed E-state index contributed by atoms with van der Waals surface area (Å²) in [6.07, 6.45) is 0. The summed E-state index contributed by atoms with van der Waals surface area (Å²) < 4.78 is 26.4. The molecule has 1 N–H and O–H groups in total. The van der Waals surface area contributed by atoms with Crippen molar-refractivity contribution in [1.29, 1.82) is 0 Å². The molecule has 8 heteroatoms. The van der Waals surface area contributed by atoms with Crippen molar-refractivity contribution in [2.75, 3.05) is 18.4 Å². The Kier molecular flexibility index (Phi) is 6.12. The average Bonchev–Trinajstić information content (AvgIpc) is 2.63. The summed E-state index contributed by atoms with van der Waals surface area (Å²) in [4.78, 5) is 23.6. The lowest BCUT2D eigenvalue weighted by Gasteiger charge is -2.18. The average molecular weight is 375 g/mol. The molecule has 0 spiro atoms. The van der Waals surface area contributed by atoms with E-state index in [2.05, 4.69) is 5.32 Å². The smallest absolute Gasteiger partial charge is 0.255 e. The number of benzene rings is 2. The number of sulfonamides is 1. The molecule has 0 fully saturated rings. The fraction of sp³-hybridized carbons (Fsp3) is 0.222. The number of carbonyl (C=O) groups is 2. The van der Waals surface area contributed by atoms with Crippen molar-refractivity contribution in [3.8, 4) is 0 Å². The van der Waals surface area contributed by atoms with Crippen LogP contribution in [0.25, 0.3) is 0 Å². The van der Waals surface area contributed by atoms with Crippen LogP contribution in [0.15, 0.2) is 53.4 Å². The highest BCUT2D eigenvalue weighted by Gasteiger charge is 2.22. The predicted molar refractivity (Wildman–Crippen MR) is 95.3 cm³/mol. The second kappa shape index (κ2) is 8.11. The summed E-state index contributed by atoms with van der Waals surface area (Å²) in [7, 11) is -3.70. The molecule has 0 radical (unpaired) electrons. The standard InChI is InChI=1S/C18H20N2O5S/c1-3-20(4-2)26(24,25)14-9-7-8-13(12-14)17(21)19-16-11-6-5-10-15(16)18(22)23/h5-12H,3-4H2,1-2H3,(H,19,21)(H,22,23)/p-1. The van der Waals surface area contributed by atoms with Gasteiger partial charge in [-0.25, -0.2) is 8.42 Å². The first-order chi connectivity index (χ1) is 12.3. The van der Waals surface area contributed by atoms with Crippen molar-refractivity contribution in [3.63, 3.8) is 0 Å². The predicted octanol–water partition coefficient (Wildman–Crippen LogP) is 1.33. The molecule has 7 nitrogen and oxygen atoms in total. The van der Waals surface area contributed by atoms with Crippen LogP contribution in [0.5, 0.6) is 0 Å². The van der Waals surface area contributed by atoms with Gasteiger partial charge in [-0.15, -0.1) is 0 Å². The molecule has 138 valence electrons. The second-order valence-electron chi connectivity index (χ2n) is 5.40. The Morgan fingerprint density at radius 1 is 1.04 bits per heavy atom. The number of anilines is 1. The molecule has 0 atom stereocenters. The third kappa shape index (κ3) is 4.09. The highest BCUT2D eigenvalue weighted by molar-refractivity contribution is 7.89. The molecule has 0 saturated carbocycles. The fourth-order valence-corrected chi connectivity index (χ4v) is 3.98. The molecule has 1 amide bonds. The van der Waals surface area contributed by atoms with Crippen LogP contribution in [0.1, 0.15) is 34.6 Å². The minimum absolute atomic E-state index is 0.00189. The minimum atomic E-state index is -3.70. The number of para-hydroxylation sites is 1. The maximum atomic E-state index is 12.6. The van der Waals surface area contributed by atoms with E-state index in [-0.39, 0.29) is 21.7 Å². The van der Waals surface area contributed by atoms with Crippen molar-refractivity contribution in [2.45, 2.75) is 18.7 Å². The first-order valence-electron chi connectivity index (χ1n) is 8.03. The molecular weight excluding hydrogens is 356 g/mol. The number of rotatable bonds is 7. The van der Waals surface area contributed by atoms with E-state index in [9.17, 15) is 23.1 Å². The van der Waals surface area contributed by atoms with Gasteiger partial charge in [-0.2, -0.15) is 4.31 Å². The fourth-order valence-electron chi connectivity index (χ4n) is 2.47. The number of nitrogens with one attached hydrogen (secondary N) is 1. The third-order valence-electron chi connectivity index (χ3n) is 3.83. The molecule has 0 unspecified atom stereocenters. The van der Waals surface area contributed by atoms with Crippen LogP contribution in [-0.4, -0.2) is 37.7 Å². The molecule has 26 heavy (non-hydrogen) atoms. The molecule has 0 bridgehead atoms. The molecule has 0 saturated heterocycles. The lowest BCUT2D eigenvalue weighted by atomic mass is 10.1. The summed E-state index contributed by atoms with van der Waals surface area (Å²) in [6, 6.07) is 11.4. The SMILES string of the molecule is CCN(CC)S(=O)(=O)c1cccc(C(=O)Nc2ccccc2C(=O)[O-])c1. The molecule has 2 aromatic carbocycles. The quantitative estimate of drug-likeness (QED) is 0.786. The van der Waals surface area contributed by atoms with Crippen molar-refractivity contribution < 1.29 is 23.1 Å². The number of carbonyl (C=O) groups excluding carboxylic acids is 2. The summed E-state index contributed by atoms with van der Waals surface area (Å²) >= 11 is 0. The van der Waals surface area contributed by atoms with Gasteiger partial charge < -0.3 is 15.2 Å². The van der Waals surface area contributed by atoms with Crippen LogP contribution >= 0.6 is 0 Å².